The van der Waals surface area contributed by atoms with Crippen LogP contribution in [0.4, 0.5) is 13.2 Å². The molecule has 1 aliphatic rings. The number of nitrogens with two attached hydrogens (primary N) is 1. The van der Waals surface area contributed by atoms with Gasteiger partial charge >= 0.3 is 6.18 Å². The summed E-state index contributed by atoms with van der Waals surface area (Å²) < 4.78 is 39.4. The molecular weight excluding hydrogens is 305 g/mol. The van der Waals surface area contributed by atoms with Crippen LogP contribution in [-0.2, 0) is 12.7 Å². The molecule has 1 fully saturated rings. The van der Waals surface area contributed by atoms with E-state index in [0.717, 1.165) is 36.4 Å². The van der Waals surface area contributed by atoms with Gasteiger partial charge < -0.3 is 5.73 Å². The highest BCUT2D eigenvalue weighted by Crippen LogP contribution is 2.43. The van der Waals surface area contributed by atoms with E-state index in [9.17, 15) is 13.2 Å². The molecule has 1 saturated carbocycles. The van der Waals surface area contributed by atoms with Crippen molar-refractivity contribution in [1.29, 1.82) is 0 Å². The molecule has 21 heavy (non-hydrogen) atoms. The number of alkyl halides is 3. The zero-order valence-electron chi connectivity index (χ0n) is 10.9. The highest BCUT2D eigenvalue weighted by atomic mass is 35.5. The van der Waals surface area contributed by atoms with Crippen LogP contribution in [0.1, 0.15) is 35.6 Å². The number of hydrogen-bond donors (Lipinski definition) is 1. The molecule has 0 aliphatic heterocycles. The van der Waals surface area contributed by atoms with Gasteiger partial charge in [0.15, 0.2) is 5.82 Å². The summed E-state index contributed by atoms with van der Waals surface area (Å²) in [5.41, 5.74) is 6.56. The fourth-order valence-corrected chi connectivity index (χ4v) is 2.50. The van der Waals surface area contributed by atoms with Crippen molar-refractivity contribution in [1.82, 2.24) is 14.8 Å². The molecule has 0 amide bonds. The van der Waals surface area contributed by atoms with Crippen LogP contribution in [0.15, 0.2) is 18.5 Å². The first-order valence-electron chi connectivity index (χ1n) is 6.41. The molecule has 112 valence electrons. The first-order valence-corrected chi connectivity index (χ1v) is 6.79. The Hall–Kier alpha value is -1.60. The molecule has 0 aromatic carbocycles. The lowest BCUT2D eigenvalue weighted by Gasteiger charge is -2.11. The van der Waals surface area contributed by atoms with E-state index >= 15 is 0 Å². The average molecular weight is 317 g/mol. The highest BCUT2D eigenvalue weighted by molar-refractivity contribution is 6.32. The lowest BCUT2D eigenvalue weighted by molar-refractivity contribution is -0.137. The van der Waals surface area contributed by atoms with Crippen LogP contribution in [0.3, 0.4) is 0 Å². The van der Waals surface area contributed by atoms with Gasteiger partial charge in [0.25, 0.3) is 0 Å². The lowest BCUT2D eigenvalue weighted by atomic mass is 10.2. The Labute approximate surface area is 123 Å². The van der Waals surface area contributed by atoms with Crippen LogP contribution in [0.2, 0.25) is 5.02 Å². The molecule has 0 unspecified atom stereocenters. The van der Waals surface area contributed by atoms with Gasteiger partial charge in [-0.2, -0.15) is 18.3 Å². The molecule has 4 nitrogen and oxygen atoms in total. The van der Waals surface area contributed by atoms with Crippen LogP contribution in [-0.4, -0.2) is 14.8 Å². The second kappa shape index (κ2) is 4.99. The topological polar surface area (TPSA) is 56.7 Å². The van der Waals surface area contributed by atoms with Gasteiger partial charge in [-0.15, -0.1) is 0 Å². The SMILES string of the molecule is NCc1cnn(-c2ncc(C(F)(F)F)cc2Cl)c1C1CC1. The van der Waals surface area contributed by atoms with Gasteiger partial charge in [0, 0.05) is 24.2 Å². The summed E-state index contributed by atoms with van der Waals surface area (Å²) in [4.78, 5) is 3.84. The monoisotopic (exact) mass is 316 g/mol. The van der Waals surface area contributed by atoms with Crippen molar-refractivity contribution in [3.63, 3.8) is 0 Å². The molecule has 0 radical (unpaired) electrons. The third kappa shape index (κ3) is 2.63. The Morgan fingerprint density at radius 1 is 1.33 bits per heavy atom. The molecule has 0 spiro atoms. The third-order valence-electron chi connectivity index (χ3n) is 3.42. The summed E-state index contributed by atoms with van der Waals surface area (Å²) in [6.45, 7) is 0.323. The second-order valence-electron chi connectivity index (χ2n) is 4.97. The largest absolute Gasteiger partial charge is 0.417 e. The molecular formula is C13H12ClF3N4. The molecule has 2 N–H and O–H groups in total. The molecule has 1 aliphatic carbocycles. The number of nitrogens with zero attached hydrogens (tertiary/aromatic N) is 3. The van der Waals surface area contributed by atoms with Gasteiger partial charge in [-0.05, 0) is 18.9 Å². The van der Waals surface area contributed by atoms with Gasteiger partial charge in [-0.1, -0.05) is 11.6 Å². The van der Waals surface area contributed by atoms with E-state index in [2.05, 4.69) is 10.1 Å². The molecule has 8 heteroatoms. The molecule has 3 rings (SSSR count). The summed E-state index contributed by atoms with van der Waals surface area (Å²) in [7, 11) is 0. The first kappa shape index (κ1) is 14.3. The zero-order chi connectivity index (χ0) is 15.2. The van der Waals surface area contributed by atoms with Crippen LogP contribution in [0.25, 0.3) is 5.82 Å². The fraction of sp³-hybridized carbons (Fsp3) is 0.385. The van der Waals surface area contributed by atoms with Gasteiger partial charge in [0.1, 0.15) is 0 Å². The van der Waals surface area contributed by atoms with Crippen molar-refractivity contribution in [2.75, 3.05) is 0 Å². The predicted octanol–water partition coefficient (Wildman–Crippen LogP) is 3.28. The Bertz CT molecular complexity index is 677. The van der Waals surface area contributed by atoms with Crippen LogP contribution < -0.4 is 5.73 Å². The number of pyridine rings is 1. The van der Waals surface area contributed by atoms with Crippen LogP contribution >= 0.6 is 11.6 Å². The quantitative estimate of drug-likeness (QED) is 0.945. The second-order valence-corrected chi connectivity index (χ2v) is 5.38. The van der Waals surface area contributed by atoms with Crippen molar-refractivity contribution in [3.05, 3.63) is 40.3 Å². The molecule has 0 atom stereocenters. The molecule has 0 saturated heterocycles. The first-order chi connectivity index (χ1) is 9.91. The maximum atomic E-state index is 12.6. The van der Waals surface area contributed by atoms with E-state index in [1.807, 2.05) is 0 Å². The average Bonchev–Trinajstić information content (AvgIpc) is 3.17. The minimum absolute atomic E-state index is 0.0848. The summed E-state index contributed by atoms with van der Waals surface area (Å²) in [6, 6.07) is 0.865. The minimum atomic E-state index is -4.47. The van der Waals surface area contributed by atoms with Crippen LogP contribution in [0.5, 0.6) is 0 Å². The van der Waals surface area contributed by atoms with Gasteiger partial charge in [0.05, 0.1) is 22.5 Å². The Kier molecular flexibility index (Phi) is 3.41. The third-order valence-corrected chi connectivity index (χ3v) is 3.70. The van der Waals surface area contributed by atoms with Crippen molar-refractivity contribution in [3.8, 4) is 5.82 Å². The van der Waals surface area contributed by atoms with Gasteiger partial charge in [-0.3, -0.25) is 0 Å². The smallest absolute Gasteiger partial charge is 0.326 e. The normalized spacial score (nSPS) is 15.5. The van der Waals surface area contributed by atoms with Crippen molar-refractivity contribution in [2.45, 2.75) is 31.5 Å². The predicted molar refractivity (Wildman–Crippen MR) is 71.2 cm³/mol. The van der Waals surface area contributed by atoms with E-state index in [1.165, 1.54) is 4.68 Å². The maximum Gasteiger partial charge on any atom is 0.417 e. The Morgan fingerprint density at radius 3 is 2.57 bits per heavy atom. The van der Waals surface area contributed by atoms with E-state index in [1.54, 1.807) is 6.20 Å². The lowest BCUT2D eigenvalue weighted by Crippen LogP contribution is -2.10. The standard InChI is InChI=1S/C13H12ClF3N4/c14-10-3-9(13(15,16)17)6-19-12(10)21-11(7-1-2-7)8(4-18)5-20-21/h3,5-7H,1-2,4,18H2. The van der Waals surface area contributed by atoms with E-state index in [0.29, 0.717) is 12.5 Å². The minimum Gasteiger partial charge on any atom is -0.326 e. The number of hydrogen-bond acceptors (Lipinski definition) is 3. The summed E-state index contributed by atoms with van der Waals surface area (Å²) in [5.74, 6) is 0.525. The van der Waals surface area contributed by atoms with Crippen LogP contribution in [0, 0.1) is 0 Å². The summed E-state index contributed by atoms with van der Waals surface area (Å²) in [5, 5.41) is 4.09. The number of aromatic nitrogens is 3. The van der Waals surface area contributed by atoms with Gasteiger partial charge in [-0.25, -0.2) is 9.67 Å². The molecule has 2 aromatic rings. The summed E-state index contributed by atoms with van der Waals surface area (Å²) >= 11 is 5.96. The molecule has 2 heterocycles. The molecule has 0 bridgehead atoms. The summed E-state index contributed by atoms with van der Waals surface area (Å²) in [6.07, 6.45) is -0.0695. The zero-order valence-corrected chi connectivity index (χ0v) is 11.6. The van der Waals surface area contributed by atoms with Crippen molar-refractivity contribution >= 4 is 11.6 Å². The van der Waals surface area contributed by atoms with Crippen molar-refractivity contribution in [2.24, 2.45) is 5.73 Å². The van der Waals surface area contributed by atoms with E-state index in [4.69, 9.17) is 17.3 Å². The Balaban J connectivity index is 2.07. The number of halogens is 4. The maximum absolute atomic E-state index is 12.6. The van der Waals surface area contributed by atoms with E-state index in [-0.39, 0.29) is 10.8 Å². The van der Waals surface area contributed by atoms with Gasteiger partial charge in [0.2, 0.25) is 0 Å². The Morgan fingerprint density at radius 2 is 2.05 bits per heavy atom. The van der Waals surface area contributed by atoms with Crippen molar-refractivity contribution < 1.29 is 13.2 Å². The number of rotatable bonds is 3. The highest BCUT2D eigenvalue weighted by Gasteiger charge is 2.33. The fourth-order valence-electron chi connectivity index (χ4n) is 2.25. The van der Waals surface area contributed by atoms with E-state index < -0.39 is 11.7 Å². The molecule has 2 aromatic heterocycles.